The average molecular weight is 520 g/mol. The first-order valence-electron chi connectivity index (χ1n) is 12.8. The van der Waals surface area contributed by atoms with E-state index in [0.717, 1.165) is 21.5 Å². The third kappa shape index (κ3) is 5.62. The van der Waals surface area contributed by atoms with E-state index in [1.165, 1.54) is 0 Å². The van der Waals surface area contributed by atoms with Crippen LogP contribution in [0.25, 0.3) is 6.08 Å². The number of carbonyl (C=O) groups is 2. The fourth-order valence-corrected chi connectivity index (χ4v) is 8.50. The number of hydrogen-bond donors (Lipinski definition) is 0. The Labute approximate surface area is 224 Å². The van der Waals surface area contributed by atoms with Crippen LogP contribution in [0.5, 0.6) is 0 Å². The topological polar surface area (TPSA) is 46.6 Å². The lowest BCUT2D eigenvalue weighted by Crippen LogP contribution is -2.39. The van der Waals surface area contributed by atoms with Gasteiger partial charge in [-0.05, 0) is 40.2 Å². The Balaban J connectivity index is 1.52. The molecule has 0 bridgehead atoms. The van der Waals surface area contributed by atoms with Gasteiger partial charge in [-0.3, -0.25) is 9.59 Å². The maximum atomic E-state index is 13.8. The number of rotatable bonds is 7. The molecule has 0 atom stereocenters. The van der Waals surface area contributed by atoms with Crippen LogP contribution in [0, 0.1) is 0 Å². The first kappa shape index (κ1) is 25.7. The third-order valence-electron chi connectivity index (χ3n) is 6.74. The van der Waals surface area contributed by atoms with Crippen molar-refractivity contribution in [3.05, 3.63) is 132 Å². The summed E-state index contributed by atoms with van der Waals surface area (Å²) in [5.41, 5.74) is 1.49. The highest BCUT2D eigenvalue weighted by Crippen LogP contribution is 2.43. The summed E-state index contributed by atoms with van der Waals surface area (Å²) in [6, 6.07) is 38.4. The molecule has 0 N–H and O–H groups in total. The predicted octanol–water partition coefficient (Wildman–Crippen LogP) is 4.54. The summed E-state index contributed by atoms with van der Waals surface area (Å²) in [5.74, 6) is 1.90. The number of benzene rings is 4. The number of morpholine rings is 1. The fourth-order valence-electron chi connectivity index (χ4n) is 4.73. The Morgan fingerprint density at radius 1 is 0.658 bits per heavy atom. The van der Waals surface area contributed by atoms with Gasteiger partial charge in [0.05, 0.1) is 13.2 Å². The van der Waals surface area contributed by atoms with E-state index in [9.17, 15) is 9.59 Å². The molecular weight excluding hydrogens is 489 g/mol. The molecule has 0 aliphatic carbocycles. The van der Waals surface area contributed by atoms with Crippen molar-refractivity contribution in [2.75, 3.05) is 26.3 Å². The molecule has 4 aromatic carbocycles. The van der Waals surface area contributed by atoms with Gasteiger partial charge in [0, 0.05) is 24.7 Å². The standard InChI is InChI=1S/C33H30NO3P/c35-32(28-19-16-27(17-20-28)18-21-33(36)34-22-24-37-25-23-34)26-38(29-10-4-1-5-11-29,30-12-6-2-7-13-30)31-14-8-3-9-15-31/h1-21,26H,22-25H2/b21-18+. The molecule has 5 heteroatoms. The minimum Gasteiger partial charge on any atom is -0.378 e. The molecule has 0 spiro atoms. The largest absolute Gasteiger partial charge is 0.378 e. The number of Topliss-reactive ketones (excluding diaryl/α,β-unsaturated/α-hetero) is 1. The first-order valence-corrected chi connectivity index (χ1v) is 14.6. The van der Waals surface area contributed by atoms with E-state index >= 15 is 0 Å². The average Bonchev–Trinajstić information content (AvgIpc) is 3.00. The van der Waals surface area contributed by atoms with Gasteiger partial charge in [0.15, 0.2) is 5.78 Å². The van der Waals surface area contributed by atoms with Crippen molar-refractivity contribution in [3.63, 3.8) is 0 Å². The smallest absolute Gasteiger partial charge is 0.246 e. The maximum Gasteiger partial charge on any atom is 0.246 e. The van der Waals surface area contributed by atoms with E-state index in [-0.39, 0.29) is 11.7 Å². The van der Waals surface area contributed by atoms with Crippen molar-refractivity contribution >= 4 is 46.4 Å². The Morgan fingerprint density at radius 2 is 1.13 bits per heavy atom. The minimum atomic E-state index is -2.38. The molecule has 0 radical (unpaired) electrons. The predicted molar refractivity (Wildman–Crippen MR) is 158 cm³/mol. The summed E-state index contributed by atoms with van der Waals surface area (Å²) in [6.07, 6.45) is 3.38. The molecule has 1 fully saturated rings. The van der Waals surface area contributed by atoms with Gasteiger partial charge in [0.2, 0.25) is 5.91 Å². The molecule has 38 heavy (non-hydrogen) atoms. The Bertz CT molecular complexity index is 1350. The van der Waals surface area contributed by atoms with E-state index in [1.54, 1.807) is 17.1 Å². The number of amides is 1. The number of carbonyl (C=O) groups excluding carboxylic acids is 2. The summed E-state index contributed by atoms with van der Waals surface area (Å²) in [7, 11) is 0. The van der Waals surface area contributed by atoms with Crippen molar-refractivity contribution < 1.29 is 14.3 Å². The Kier molecular flexibility index (Phi) is 8.13. The zero-order valence-corrected chi connectivity index (χ0v) is 22.0. The Hall–Kier alpha value is -3.98. The van der Waals surface area contributed by atoms with Crippen molar-refractivity contribution in [2.45, 2.75) is 0 Å². The lowest BCUT2D eigenvalue weighted by molar-refractivity contribution is -0.129. The van der Waals surface area contributed by atoms with E-state index in [2.05, 4.69) is 36.4 Å². The summed E-state index contributed by atoms with van der Waals surface area (Å²) in [5, 5.41) is 3.39. The molecule has 1 saturated heterocycles. The quantitative estimate of drug-likeness (QED) is 0.205. The van der Waals surface area contributed by atoms with Crippen molar-refractivity contribution in [3.8, 4) is 0 Å². The molecule has 190 valence electrons. The molecule has 0 saturated carbocycles. The van der Waals surface area contributed by atoms with Gasteiger partial charge in [-0.15, -0.1) is 0 Å². The minimum absolute atomic E-state index is 0.0187. The van der Waals surface area contributed by atoms with Crippen LogP contribution >= 0.6 is 6.89 Å². The van der Waals surface area contributed by atoms with Gasteiger partial charge in [-0.25, -0.2) is 0 Å². The molecule has 1 aliphatic heterocycles. The van der Waals surface area contributed by atoms with Crippen LogP contribution in [0.2, 0.25) is 0 Å². The van der Waals surface area contributed by atoms with Crippen LogP contribution in [0.1, 0.15) is 15.9 Å². The molecule has 0 unspecified atom stereocenters. The van der Waals surface area contributed by atoms with Crippen molar-refractivity contribution in [1.82, 2.24) is 4.90 Å². The van der Waals surface area contributed by atoms with Crippen LogP contribution < -0.4 is 15.9 Å². The SMILES string of the molecule is O=C(C=P(c1ccccc1)(c1ccccc1)c1ccccc1)c1ccc(/C=C/C(=O)N2CCOCC2)cc1. The Morgan fingerprint density at radius 3 is 1.61 bits per heavy atom. The maximum absolute atomic E-state index is 13.8. The lowest BCUT2D eigenvalue weighted by atomic mass is 10.1. The van der Waals surface area contributed by atoms with Crippen molar-refractivity contribution in [2.24, 2.45) is 0 Å². The van der Waals surface area contributed by atoms with Gasteiger partial charge in [0.1, 0.15) is 0 Å². The highest BCUT2D eigenvalue weighted by molar-refractivity contribution is 7.95. The summed E-state index contributed by atoms with van der Waals surface area (Å²) in [4.78, 5) is 28.1. The molecule has 4 nitrogen and oxygen atoms in total. The zero-order chi connectivity index (χ0) is 26.2. The van der Waals surface area contributed by atoms with Gasteiger partial charge in [-0.1, -0.05) is 115 Å². The third-order valence-corrected chi connectivity index (χ3v) is 10.7. The van der Waals surface area contributed by atoms with Gasteiger partial charge >= 0.3 is 0 Å². The molecule has 1 aliphatic rings. The van der Waals surface area contributed by atoms with Crippen molar-refractivity contribution in [1.29, 1.82) is 0 Å². The molecule has 0 aromatic heterocycles. The molecule has 1 amide bonds. The summed E-state index contributed by atoms with van der Waals surface area (Å²) >= 11 is 0. The molecular formula is C33H30NO3P. The normalized spacial score (nSPS) is 13.8. The monoisotopic (exact) mass is 519 g/mol. The molecule has 1 heterocycles. The lowest BCUT2D eigenvalue weighted by Gasteiger charge is -2.28. The second kappa shape index (κ2) is 12.0. The van der Waals surface area contributed by atoms with Crippen LogP contribution in [0.4, 0.5) is 0 Å². The van der Waals surface area contributed by atoms with E-state index in [4.69, 9.17) is 4.74 Å². The van der Waals surface area contributed by atoms with Gasteiger partial charge in [0.25, 0.3) is 0 Å². The van der Waals surface area contributed by atoms with Gasteiger partial charge in [-0.2, -0.15) is 0 Å². The summed E-state index contributed by atoms with van der Waals surface area (Å²) in [6.45, 7) is -0.00123. The van der Waals surface area contributed by atoms with Crippen LogP contribution in [0.15, 0.2) is 121 Å². The van der Waals surface area contributed by atoms with Crippen LogP contribution in [-0.4, -0.2) is 48.7 Å². The zero-order valence-electron chi connectivity index (χ0n) is 21.1. The van der Waals surface area contributed by atoms with E-state index in [1.807, 2.05) is 84.7 Å². The number of nitrogens with zero attached hydrogens (tertiary/aromatic N) is 1. The van der Waals surface area contributed by atoms with Crippen LogP contribution in [0.3, 0.4) is 0 Å². The highest BCUT2D eigenvalue weighted by Gasteiger charge is 2.26. The first-order chi connectivity index (χ1) is 18.7. The second-order valence-corrected chi connectivity index (χ2v) is 12.4. The van der Waals surface area contributed by atoms with E-state index in [0.29, 0.717) is 31.9 Å². The molecule has 4 aromatic rings. The number of hydrogen-bond acceptors (Lipinski definition) is 3. The van der Waals surface area contributed by atoms with E-state index < -0.39 is 6.89 Å². The summed E-state index contributed by atoms with van der Waals surface area (Å²) < 4.78 is 5.32. The fraction of sp³-hybridized carbons (Fsp3) is 0.121. The van der Waals surface area contributed by atoms with Crippen LogP contribution in [-0.2, 0) is 9.53 Å². The number of ketones is 1. The molecule has 5 rings (SSSR count). The highest BCUT2D eigenvalue weighted by atomic mass is 31.2. The van der Waals surface area contributed by atoms with Gasteiger partial charge < -0.3 is 9.64 Å². The number of ether oxygens (including phenoxy) is 1. The second-order valence-electron chi connectivity index (χ2n) is 9.12.